The highest BCUT2D eigenvalue weighted by Crippen LogP contribution is 2.35. The lowest BCUT2D eigenvalue weighted by atomic mass is 9.98. The van der Waals surface area contributed by atoms with E-state index in [1.165, 1.54) is 44.1 Å². The van der Waals surface area contributed by atoms with Gasteiger partial charge in [-0.2, -0.15) is 0 Å². The van der Waals surface area contributed by atoms with Crippen molar-refractivity contribution in [2.75, 3.05) is 19.6 Å². The van der Waals surface area contributed by atoms with Crippen molar-refractivity contribution in [2.24, 2.45) is 5.92 Å². The fourth-order valence-electron chi connectivity index (χ4n) is 4.41. The van der Waals surface area contributed by atoms with Gasteiger partial charge in [0.2, 0.25) is 5.91 Å². The summed E-state index contributed by atoms with van der Waals surface area (Å²) >= 11 is 0. The normalized spacial score (nSPS) is 26.6. The third kappa shape index (κ3) is 3.45. The molecule has 0 bridgehead atoms. The summed E-state index contributed by atoms with van der Waals surface area (Å²) in [4.78, 5) is 17.7. The Morgan fingerprint density at radius 1 is 1.00 bits per heavy atom. The second-order valence-corrected chi connectivity index (χ2v) is 7.59. The lowest BCUT2D eigenvalue weighted by Gasteiger charge is -2.42. The minimum atomic E-state index is 0.249. The molecule has 124 valence electrons. The van der Waals surface area contributed by atoms with Crippen LogP contribution in [0.15, 0.2) is 30.3 Å². The Hall–Kier alpha value is -1.35. The molecule has 3 fully saturated rings. The van der Waals surface area contributed by atoms with E-state index >= 15 is 0 Å². The molecule has 4 rings (SSSR count). The molecule has 1 amide bonds. The van der Waals surface area contributed by atoms with Crippen LogP contribution in [0.2, 0.25) is 0 Å². The van der Waals surface area contributed by atoms with Crippen LogP contribution in [0, 0.1) is 5.92 Å². The van der Waals surface area contributed by atoms with Gasteiger partial charge in [0.1, 0.15) is 0 Å². The van der Waals surface area contributed by atoms with Gasteiger partial charge in [-0.05, 0) is 37.2 Å². The average Bonchev–Trinajstić information content (AvgIpc) is 3.33. The van der Waals surface area contributed by atoms with Crippen molar-refractivity contribution in [1.82, 2.24) is 9.80 Å². The summed E-state index contributed by atoms with van der Waals surface area (Å²) in [5, 5.41) is 0. The van der Waals surface area contributed by atoms with Gasteiger partial charge in [0, 0.05) is 32.1 Å². The first-order valence-electron chi connectivity index (χ1n) is 9.40. The average molecular weight is 312 g/mol. The quantitative estimate of drug-likeness (QED) is 0.848. The third-order valence-corrected chi connectivity index (χ3v) is 5.92. The molecule has 0 N–H and O–H groups in total. The lowest BCUT2D eigenvalue weighted by Crippen LogP contribution is -2.51. The molecule has 0 radical (unpaired) electrons. The number of benzene rings is 1. The molecule has 1 aromatic carbocycles. The molecule has 2 aliphatic carbocycles. The predicted molar refractivity (Wildman–Crippen MR) is 92.1 cm³/mol. The number of carbonyl (C=O) groups excluding carboxylic acids is 1. The first kappa shape index (κ1) is 15.2. The van der Waals surface area contributed by atoms with Crippen LogP contribution in [-0.4, -0.2) is 41.4 Å². The number of amides is 1. The number of carbonyl (C=O) groups is 1. The maximum atomic E-state index is 12.9. The van der Waals surface area contributed by atoms with E-state index in [0.717, 1.165) is 32.1 Å². The molecule has 1 aliphatic heterocycles. The second-order valence-electron chi connectivity index (χ2n) is 7.59. The topological polar surface area (TPSA) is 23.6 Å². The van der Waals surface area contributed by atoms with E-state index in [0.29, 0.717) is 11.8 Å². The van der Waals surface area contributed by atoms with Crippen LogP contribution in [0.1, 0.15) is 56.6 Å². The highest BCUT2D eigenvalue weighted by molar-refractivity contribution is 5.77. The van der Waals surface area contributed by atoms with Gasteiger partial charge in [0.15, 0.2) is 0 Å². The third-order valence-electron chi connectivity index (χ3n) is 5.92. The summed E-state index contributed by atoms with van der Waals surface area (Å²) in [7, 11) is 0. The maximum absolute atomic E-state index is 12.9. The molecular weight excluding hydrogens is 284 g/mol. The van der Waals surface area contributed by atoms with E-state index in [1.54, 1.807) is 0 Å². The van der Waals surface area contributed by atoms with Crippen LogP contribution in [0.3, 0.4) is 0 Å². The molecule has 2 saturated carbocycles. The van der Waals surface area contributed by atoms with Gasteiger partial charge >= 0.3 is 0 Å². The summed E-state index contributed by atoms with van der Waals surface area (Å²) in [6, 6.07) is 11.7. The summed E-state index contributed by atoms with van der Waals surface area (Å²) in [5.41, 5.74) is 1.30. The maximum Gasteiger partial charge on any atom is 0.223 e. The summed E-state index contributed by atoms with van der Waals surface area (Å²) in [6.45, 7) is 2.98. The van der Waals surface area contributed by atoms with Crippen molar-refractivity contribution in [2.45, 2.75) is 57.0 Å². The van der Waals surface area contributed by atoms with Crippen molar-refractivity contribution < 1.29 is 4.79 Å². The number of hydrogen-bond acceptors (Lipinski definition) is 2. The first-order chi connectivity index (χ1) is 11.3. The molecule has 1 aromatic rings. The van der Waals surface area contributed by atoms with E-state index in [4.69, 9.17) is 0 Å². The molecule has 1 unspecified atom stereocenters. The molecular formula is C20H28N2O. The molecule has 3 nitrogen and oxygen atoms in total. The van der Waals surface area contributed by atoms with Crippen LogP contribution in [0.4, 0.5) is 0 Å². The second kappa shape index (κ2) is 6.64. The zero-order valence-corrected chi connectivity index (χ0v) is 14.0. The SMILES string of the molecule is O=C(CC1CCCC1)N1CCN(C2CC2)CC1c1ccccc1. The van der Waals surface area contributed by atoms with Gasteiger partial charge in [-0.3, -0.25) is 9.69 Å². The van der Waals surface area contributed by atoms with Crippen molar-refractivity contribution in [1.29, 1.82) is 0 Å². The number of nitrogens with zero attached hydrogens (tertiary/aromatic N) is 2. The van der Waals surface area contributed by atoms with Crippen LogP contribution in [-0.2, 0) is 4.79 Å². The summed E-state index contributed by atoms with van der Waals surface area (Å²) in [6.07, 6.45) is 8.60. The molecule has 1 heterocycles. The van der Waals surface area contributed by atoms with Crippen LogP contribution in [0.25, 0.3) is 0 Å². The Morgan fingerprint density at radius 2 is 1.74 bits per heavy atom. The van der Waals surface area contributed by atoms with E-state index in [1.807, 2.05) is 0 Å². The Balaban J connectivity index is 1.49. The minimum absolute atomic E-state index is 0.249. The molecule has 0 aromatic heterocycles. The van der Waals surface area contributed by atoms with Crippen molar-refractivity contribution in [3.05, 3.63) is 35.9 Å². The van der Waals surface area contributed by atoms with Gasteiger partial charge in [-0.15, -0.1) is 0 Å². The highest BCUT2D eigenvalue weighted by Gasteiger charge is 2.38. The van der Waals surface area contributed by atoms with Gasteiger partial charge in [-0.1, -0.05) is 43.2 Å². The van der Waals surface area contributed by atoms with Gasteiger partial charge in [0.25, 0.3) is 0 Å². The van der Waals surface area contributed by atoms with Crippen molar-refractivity contribution in [3.8, 4) is 0 Å². The van der Waals surface area contributed by atoms with Gasteiger partial charge < -0.3 is 4.90 Å². The van der Waals surface area contributed by atoms with E-state index < -0.39 is 0 Å². The fourth-order valence-corrected chi connectivity index (χ4v) is 4.41. The number of piperazine rings is 1. The highest BCUT2D eigenvalue weighted by atomic mass is 16.2. The molecule has 3 aliphatic rings. The fraction of sp³-hybridized carbons (Fsp3) is 0.650. The Labute approximate surface area is 139 Å². The summed E-state index contributed by atoms with van der Waals surface area (Å²) in [5.74, 6) is 1.03. The smallest absolute Gasteiger partial charge is 0.223 e. The predicted octanol–water partition coefficient (Wildman–Crippen LogP) is 3.61. The lowest BCUT2D eigenvalue weighted by molar-refractivity contribution is -0.137. The standard InChI is InChI=1S/C20H28N2O/c23-20(14-16-6-4-5-7-16)22-13-12-21(18-10-11-18)15-19(22)17-8-2-1-3-9-17/h1-3,8-9,16,18-19H,4-7,10-15H2. The molecule has 0 spiro atoms. The number of hydrogen-bond donors (Lipinski definition) is 0. The van der Waals surface area contributed by atoms with Gasteiger partial charge in [0.05, 0.1) is 6.04 Å². The summed E-state index contributed by atoms with van der Waals surface area (Å²) < 4.78 is 0. The zero-order valence-electron chi connectivity index (χ0n) is 14.0. The van der Waals surface area contributed by atoms with Crippen molar-refractivity contribution in [3.63, 3.8) is 0 Å². The monoisotopic (exact) mass is 312 g/mol. The van der Waals surface area contributed by atoms with Crippen LogP contribution < -0.4 is 0 Å². The molecule has 1 atom stereocenters. The minimum Gasteiger partial charge on any atom is -0.333 e. The molecule has 3 heteroatoms. The largest absolute Gasteiger partial charge is 0.333 e. The van der Waals surface area contributed by atoms with E-state index in [-0.39, 0.29) is 6.04 Å². The zero-order chi connectivity index (χ0) is 15.6. The van der Waals surface area contributed by atoms with E-state index in [2.05, 4.69) is 40.1 Å². The molecule has 23 heavy (non-hydrogen) atoms. The first-order valence-corrected chi connectivity index (χ1v) is 9.40. The Kier molecular flexibility index (Phi) is 4.39. The Bertz CT molecular complexity index is 534. The van der Waals surface area contributed by atoms with Crippen LogP contribution in [0.5, 0.6) is 0 Å². The molecule has 1 saturated heterocycles. The Morgan fingerprint density at radius 3 is 2.43 bits per heavy atom. The van der Waals surface area contributed by atoms with Crippen LogP contribution >= 0.6 is 0 Å². The van der Waals surface area contributed by atoms with E-state index in [9.17, 15) is 4.79 Å². The number of rotatable bonds is 4. The van der Waals surface area contributed by atoms with Crippen molar-refractivity contribution >= 4 is 5.91 Å². The van der Waals surface area contributed by atoms with Gasteiger partial charge in [-0.25, -0.2) is 0 Å².